The molecule has 1 saturated heterocycles. The van der Waals surface area contributed by atoms with Crippen molar-refractivity contribution in [3.8, 4) is 5.75 Å². The van der Waals surface area contributed by atoms with Gasteiger partial charge in [-0.15, -0.1) is 0 Å². The molecule has 0 saturated carbocycles. The number of hydrogen-bond acceptors (Lipinski definition) is 5. The largest absolute Gasteiger partial charge is 0.494 e. The molecule has 1 atom stereocenters. The lowest BCUT2D eigenvalue weighted by Crippen LogP contribution is -2.53. The number of H-pyrrole nitrogens is 1. The number of hydrogen-bond donors (Lipinski definition) is 1. The number of imidazole rings is 1. The van der Waals surface area contributed by atoms with E-state index >= 15 is 0 Å². The lowest BCUT2D eigenvalue weighted by molar-refractivity contribution is -0.140. The van der Waals surface area contributed by atoms with Crippen LogP contribution in [0.1, 0.15) is 17.1 Å². The van der Waals surface area contributed by atoms with Crippen LogP contribution in [0.25, 0.3) is 10.9 Å². The van der Waals surface area contributed by atoms with Gasteiger partial charge in [0, 0.05) is 49.1 Å². The molecule has 1 fully saturated rings. The molecule has 2 aromatic heterocycles. The zero-order valence-electron chi connectivity index (χ0n) is 19.3. The highest BCUT2D eigenvalue weighted by Crippen LogP contribution is 2.37. The number of halogens is 3. The van der Waals surface area contributed by atoms with Gasteiger partial charge in [0.2, 0.25) is 0 Å². The molecular formula is C26H26F3N5O. The molecule has 6 nitrogen and oxygen atoms in total. The predicted octanol–water partition coefficient (Wildman–Crippen LogP) is 4.92. The second kappa shape index (κ2) is 9.58. The van der Waals surface area contributed by atoms with Gasteiger partial charge in [-0.2, -0.15) is 13.2 Å². The van der Waals surface area contributed by atoms with Crippen molar-refractivity contribution >= 4 is 16.6 Å². The highest BCUT2D eigenvalue weighted by atomic mass is 19.4. The smallest absolute Gasteiger partial charge is 0.433 e. The van der Waals surface area contributed by atoms with Gasteiger partial charge in [0.05, 0.1) is 13.7 Å². The monoisotopic (exact) mass is 481 g/mol. The first kappa shape index (κ1) is 23.2. The number of aromatic nitrogens is 3. The average Bonchev–Trinajstić information content (AvgIpc) is 3.37. The normalized spacial score (nSPS) is 17.1. The van der Waals surface area contributed by atoms with Crippen LogP contribution >= 0.6 is 0 Å². The third-order valence-corrected chi connectivity index (χ3v) is 6.47. The first-order valence-electron chi connectivity index (χ1n) is 11.5. The number of fused-ring (bicyclic) bond motifs is 1. The molecule has 5 rings (SSSR count). The Morgan fingerprint density at radius 1 is 1.06 bits per heavy atom. The number of rotatable bonds is 6. The Balaban J connectivity index is 1.48. The summed E-state index contributed by atoms with van der Waals surface area (Å²) in [5.74, 6) is 1.24. The molecule has 0 bridgehead atoms. The van der Waals surface area contributed by atoms with Gasteiger partial charge in [0.1, 0.15) is 22.8 Å². The highest BCUT2D eigenvalue weighted by Gasteiger charge is 2.34. The number of piperazine rings is 1. The van der Waals surface area contributed by atoms with E-state index in [4.69, 9.17) is 4.74 Å². The fourth-order valence-corrected chi connectivity index (χ4v) is 4.75. The third kappa shape index (κ3) is 4.95. The quantitative estimate of drug-likeness (QED) is 0.424. The zero-order chi connectivity index (χ0) is 24.4. The number of anilines is 1. The van der Waals surface area contributed by atoms with Crippen LogP contribution < -0.4 is 9.64 Å². The first-order valence-corrected chi connectivity index (χ1v) is 11.5. The maximum Gasteiger partial charge on any atom is 0.433 e. The highest BCUT2D eigenvalue weighted by molar-refractivity contribution is 5.96. The van der Waals surface area contributed by atoms with E-state index < -0.39 is 11.9 Å². The first-order chi connectivity index (χ1) is 16.9. The molecule has 0 radical (unpaired) electrons. The Morgan fingerprint density at radius 3 is 2.60 bits per heavy atom. The summed E-state index contributed by atoms with van der Waals surface area (Å²) in [5.41, 5.74) is 1.39. The Hall–Kier alpha value is -3.59. The molecule has 0 spiro atoms. The molecule has 1 N–H and O–H groups in total. The molecule has 35 heavy (non-hydrogen) atoms. The summed E-state index contributed by atoms with van der Waals surface area (Å²) in [6, 6.07) is 16.7. The molecule has 1 aliphatic heterocycles. The number of nitrogens with one attached hydrogen (secondary N) is 1. The van der Waals surface area contributed by atoms with E-state index in [1.165, 1.54) is 18.7 Å². The summed E-state index contributed by atoms with van der Waals surface area (Å²) in [5, 5.41) is 0.648. The topological polar surface area (TPSA) is 57.3 Å². The van der Waals surface area contributed by atoms with Crippen LogP contribution in [0.5, 0.6) is 5.75 Å². The van der Waals surface area contributed by atoms with Crippen molar-refractivity contribution in [3.05, 3.63) is 84.1 Å². The summed E-state index contributed by atoms with van der Waals surface area (Å²) in [6.45, 7) is 2.95. The minimum atomic E-state index is -4.52. The number of pyridine rings is 1. The number of methoxy groups -OCH3 is 1. The molecule has 3 heterocycles. The van der Waals surface area contributed by atoms with Crippen LogP contribution in [-0.4, -0.2) is 52.6 Å². The molecular weight excluding hydrogens is 455 g/mol. The number of alkyl halides is 3. The maximum absolute atomic E-state index is 13.3. The van der Waals surface area contributed by atoms with Crippen LogP contribution in [0.3, 0.4) is 0 Å². The van der Waals surface area contributed by atoms with E-state index in [1.807, 2.05) is 30.5 Å². The molecule has 0 amide bonds. The van der Waals surface area contributed by atoms with Crippen molar-refractivity contribution in [2.24, 2.45) is 0 Å². The predicted molar refractivity (Wildman–Crippen MR) is 128 cm³/mol. The minimum absolute atomic E-state index is 0.191. The zero-order valence-corrected chi connectivity index (χ0v) is 19.3. The van der Waals surface area contributed by atoms with Crippen molar-refractivity contribution in [3.63, 3.8) is 0 Å². The van der Waals surface area contributed by atoms with Crippen LogP contribution in [0.2, 0.25) is 0 Å². The summed E-state index contributed by atoms with van der Waals surface area (Å²) in [6.07, 6.45) is -0.0942. The molecule has 0 aliphatic carbocycles. The summed E-state index contributed by atoms with van der Waals surface area (Å²) >= 11 is 0. The maximum atomic E-state index is 13.3. The summed E-state index contributed by atoms with van der Waals surface area (Å²) in [7, 11) is 1.44. The van der Waals surface area contributed by atoms with Gasteiger partial charge in [-0.3, -0.25) is 4.90 Å². The van der Waals surface area contributed by atoms with Gasteiger partial charge in [-0.05, 0) is 36.2 Å². The Labute approximate surface area is 201 Å². The number of aromatic amines is 1. The van der Waals surface area contributed by atoms with Crippen LogP contribution in [0.4, 0.5) is 18.9 Å². The Kier molecular flexibility index (Phi) is 6.34. The van der Waals surface area contributed by atoms with Gasteiger partial charge in [-0.1, -0.05) is 30.3 Å². The van der Waals surface area contributed by atoms with Crippen molar-refractivity contribution in [1.29, 1.82) is 0 Å². The van der Waals surface area contributed by atoms with Crippen LogP contribution in [0.15, 0.2) is 67.0 Å². The SMILES string of the molecule is COc1ccc(N2CCN(Cc3ncc[nH]3)[C@@H](Cc3ccccc3)C2)c2ccc(C(F)(F)F)nc12. The molecule has 9 heteroatoms. The molecule has 4 aromatic rings. The van der Waals surface area contributed by atoms with Gasteiger partial charge >= 0.3 is 6.18 Å². The standard InChI is InChI=1S/C26H26F3N5O/c1-35-22-9-8-21(20-7-10-23(26(27,28)29)32-25(20)22)34-14-13-33(17-24-30-11-12-31-24)19(16-34)15-18-5-3-2-4-6-18/h2-12,19H,13-17H2,1H3,(H,30,31)/t19-/m0/s1. The minimum Gasteiger partial charge on any atom is -0.494 e. The van der Waals surface area contributed by atoms with E-state index in [9.17, 15) is 13.2 Å². The van der Waals surface area contributed by atoms with Gasteiger partial charge < -0.3 is 14.6 Å². The summed E-state index contributed by atoms with van der Waals surface area (Å²) < 4.78 is 45.4. The van der Waals surface area contributed by atoms with E-state index in [-0.39, 0.29) is 11.6 Å². The van der Waals surface area contributed by atoms with Crippen molar-refractivity contribution in [2.45, 2.75) is 25.2 Å². The number of nitrogens with zero attached hydrogens (tertiary/aromatic N) is 4. The Bertz CT molecular complexity index is 1280. The van der Waals surface area contributed by atoms with Crippen LogP contribution in [-0.2, 0) is 19.1 Å². The molecule has 1 aliphatic rings. The molecule has 2 aromatic carbocycles. The number of benzene rings is 2. The molecule has 0 unspecified atom stereocenters. The second-order valence-corrected chi connectivity index (χ2v) is 8.67. The van der Waals surface area contributed by atoms with Crippen LogP contribution in [0, 0.1) is 0 Å². The summed E-state index contributed by atoms with van der Waals surface area (Å²) in [4.78, 5) is 16.2. The van der Waals surface area contributed by atoms with E-state index in [0.29, 0.717) is 17.7 Å². The van der Waals surface area contributed by atoms with Gasteiger partial charge in [0.15, 0.2) is 0 Å². The fraction of sp³-hybridized carbons (Fsp3) is 0.308. The van der Waals surface area contributed by atoms with E-state index in [2.05, 4.69) is 36.9 Å². The van der Waals surface area contributed by atoms with E-state index in [0.717, 1.165) is 43.6 Å². The number of ether oxygens (including phenoxy) is 1. The third-order valence-electron chi connectivity index (χ3n) is 6.47. The van der Waals surface area contributed by atoms with Crippen molar-refractivity contribution in [1.82, 2.24) is 19.9 Å². The Morgan fingerprint density at radius 2 is 1.89 bits per heavy atom. The fourth-order valence-electron chi connectivity index (χ4n) is 4.75. The average molecular weight is 482 g/mol. The van der Waals surface area contributed by atoms with Gasteiger partial charge in [0.25, 0.3) is 0 Å². The van der Waals surface area contributed by atoms with E-state index in [1.54, 1.807) is 12.3 Å². The lowest BCUT2D eigenvalue weighted by atomic mass is 10.0. The van der Waals surface area contributed by atoms with Crippen molar-refractivity contribution in [2.75, 3.05) is 31.6 Å². The lowest BCUT2D eigenvalue weighted by Gasteiger charge is -2.42. The van der Waals surface area contributed by atoms with Crippen molar-refractivity contribution < 1.29 is 17.9 Å². The molecule has 182 valence electrons. The second-order valence-electron chi connectivity index (χ2n) is 8.67. The van der Waals surface area contributed by atoms with Gasteiger partial charge in [-0.25, -0.2) is 9.97 Å².